The average molecular weight is 528 g/mol. The van der Waals surface area contributed by atoms with Crippen LogP contribution < -0.4 is 34.9 Å². The maximum atomic E-state index is 12.3. The molecule has 0 heterocycles. The number of hydrogen-bond donors (Lipinski definition) is 3. The van der Waals surface area contributed by atoms with Gasteiger partial charge in [-0.2, -0.15) is 0 Å². The number of fused-ring (bicyclic) bond motifs is 5. The van der Waals surface area contributed by atoms with Crippen LogP contribution in [0, 0.1) is 46.3 Å². The molecule has 0 aromatic heterocycles. The molecule has 0 saturated heterocycles. The van der Waals surface area contributed by atoms with E-state index < -0.39 is 69.9 Å². The van der Waals surface area contributed by atoms with Crippen molar-refractivity contribution < 1.29 is 65.8 Å². The van der Waals surface area contributed by atoms with Gasteiger partial charge in [-0.25, -0.2) is 8.42 Å². The van der Waals surface area contributed by atoms with Crippen molar-refractivity contribution in [2.24, 2.45) is 46.3 Å². The predicted octanol–water partition coefficient (Wildman–Crippen LogP) is 0.0587. The molecule has 1 amide bonds. The number of carbonyl (C=O) groups excluding carboxylic acids is 1. The predicted molar refractivity (Wildman–Crippen MR) is 129 cm³/mol. The van der Waals surface area contributed by atoms with Gasteiger partial charge in [0.2, 0.25) is 5.91 Å². The number of aliphatic hydroxyl groups excluding tert-OH is 2. The Labute approximate surface area is 242 Å². The number of amides is 1. The number of hydrogen-bond acceptors (Lipinski definition) is 6. The van der Waals surface area contributed by atoms with E-state index in [1.807, 2.05) is 13.8 Å². The Hall–Kier alpha value is 0.300. The Morgan fingerprint density at radius 1 is 1.17 bits per heavy atom. The van der Waals surface area contributed by atoms with Gasteiger partial charge in [0.25, 0.3) is 0 Å². The van der Waals surface area contributed by atoms with Crippen LogP contribution in [0.2, 0.25) is 0 Å². The van der Waals surface area contributed by atoms with E-state index in [4.69, 9.17) is 5.48 Å². The van der Waals surface area contributed by atoms with Crippen molar-refractivity contribution in [3.8, 4) is 0 Å². The normalized spacial score (nSPS) is 50.6. The summed E-state index contributed by atoms with van der Waals surface area (Å²) >= 11 is 0. The third-order valence-electron chi connectivity index (χ3n) is 9.78. The molecule has 3 N–H and O–H groups in total. The molecule has 4 aliphatic rings. The minimum absolute atomic E-state index is 0. The molecule has 4 saturated carbocycles. The fourth-order valence-corrected chi connectivity index (χ4v) is 8.28. The zero-order valence-corrected chi connectivity index (χ0v) is 24.2. The Kier molecular flexibility index (Phi) is 7.08. The van der Waals surface area contributed by atoms with Gasteiger partial charge in [-0.05, 0) is 104 Å². The Morgan fingerprint density at radius 3 is 2.57 bits per heavy atom. The van der Waals surface area contributed by atoms with Gasteiger partial charge in [0.15, 0.2) is 0 Å². The summed E-state index contributed by atoms with van der Waals surface area (Å²) in [6.07, 6.45) is -6.96. The molecular weight excluding hydrogens is 477 g/mol. The third kappa shape index (κ3) is 5.84. The van der Waals surface area contributed by atoms with E-state index in [0.717, 1.165) is 12.8 Å². The largest absolute Gasteiger partial charge is 1.00 e. The topological polar surface area (TPSA) is 127 Å². The summed E-state index contributed by atoms with van der Waals surface area (Å²) in [5.74, 6) is -2.94. The Balaban J connectivity index is 0.00000462. The fourth-order valence-electron chi connectivity index (χ4n) is 7.93. The van der Waals surface area contributed by atoms with Crippen molar-refractivity contribution in [1.82, 2.24) is 5.32 Å². The molecule has 9 heteroatoms. The van der Waals surface area contributed by atoms with Crippen molar-refractivity contribution in [2.45, 2.75) is 97.0 Å². The van der Waals surface area contributed by atoms with E-state index in [1.54, 1.807) is 6.92 Å². The summed E-state index contributed by atoms with van der Waals surface area (Å²) < 4.78 is 85.1. The second-order valence-electron chi connectivity index (χ2n) is 11.6. The summed E-state index contributed by atoms with van der Waals surface area (Å²) in [4.78, 5) is 12.3. The number of nitrogens with one attached hydrogen (secondary N) is 1. The van der Waals surface area contributed by atoms with Crippen molar-refractivity contribution in [3.63, 3.8) is 0 Å². The standard InChI is InChI=1S/C26H45NO6S.Na/c1-16(4-9-24(30)27-12-13-34(31,32)33)20-7-8-21-19-6-5-17-14-18(28)10-11-25(17,2)22(19)15-23(29)26(20,21)3;/h16-23,28-29H,4-15H2,1-3H3,(H,27,30)(H,31,32,33);/q;+1/p-1/t16-,17?,18-,19?,20?,21?,22?,23+,25+,26-;/m1./s1/i10D2,14D2,15D2;. The molecule has 4 aliphatic carbocycles. The SMILES string of the molecule is [2H]C1([2H])C[C@@]2(C)C(CCC3C2C([2H])([2H])[C@H](O)[C@@]2(C)C3CCC2[C@H](C)CCC(=O)NCCS(=O)(=O)[O-])C([2H])([2H])[C@@H]1O.[Na+]. The monoisotopic (exact) mass is 527 g/mol. The van der Waals surface area contributed by atoms with Crippen LogP contribution in [0.4, 0.5) is 0 Å². The summed E-state index contributed by atoms with van der Waals surface area (Å²) in [7, 11) is -4.42. The Bertz CT molecular complexity index is 1110. The second-order valence-corrected chi connectivity index (χ2v) is 13.1. The molecule has 0 bridgehead atoms. The van der Waals surface area contributed by atoms with Crippen molar-refractivity contribution >= 4 is 16.0 Å². The molecule has 5 unspecified atom stereocenters. The molecule has 0 radical (unpaired) electrons. The van der Waals surface area contributed by atoms with Crippen LogP contribution in [0.1, 0.15) is 93.1 Å². The second kappa shape index (κ2) is 11.2. The molecule has 0 aliphatic heterocycles. The first kappa shape index (κ1) is 22.2. The number of carbonyl (C=O) groups is 1. The van der Waals surface area contributed by atoms with E-state index in [0.29, 0.717) is 19.3 Å². The molecule has 0 aromatic rings. The van der Waals surface area contributed by atoms with E-state index >= 15 is 0 Å². The van der Waals surface area contributed by atoms with E-state index in [9.17, 15) is 30.7 Å². The fraction of sp³-hybridized carbons (Fsp3) is 0.962. The van der Waals surface area contributed by atoms with Crippen LogP contribution in [0.3, 0.4) is 0 Å². The minimum atomic E-state index is -4.42. The van der Waals surface area contributed by atoms with Crippen LogP contribution in [0.5, 0.6) is 0 Å². The molecule has 10 atom stereocenters. The number of rotatable bonds is 7. The van der Waals surface area contributed by atoms with Gasteiger partial charge in [-0.3, -0.25) is 4.79 Å². The van der Waals surface area contributed by atoms with E-state index in [2.05, 4.69) is 5.32 Å². The van der Waals surface area contributed by atoms with Crippen LogP contribution >= 0.6 is 0 Å². The third-order valence-corrected chi connectivity index (χ3v) is 10.5. The van der Waals surface area contributed by atoms with Crippen LogP contribution in [-0.4, -0.2) is 53.6 Å². The first-order valence-electron chi connectivity index (χ1n) is 15.7. The molecule has 196 valence electrons. The maximum absolute atomic E-state index is 12.3. The van der Waals surface area contributed by atoms with Gasteiger partial charge in [0.1, 0.15) is 0 Å². The zero-order chi connectivity index (χ0) is 30.3. The van der Waals surface area contributed by atoms with Crippen molar-refractivity contribution in [2.75, 3.05) is 12.3 Å². The average Bonchev–Trinajstić information content (AvgIpc) is 3.16. The quantitative estimate of drug-likeness (QED) is 0.317. The molecule has 4 fully saturated rings. The first-order chi connectivity index (χ1) is 18.1. The first-order valence-corrected chi connectivity index (χ1v) is 14.3. The summed E-state index contributed by atoms with van der Waals surface area (Å²) in [6, 6.07) is 0. The van der Waals surface area contributed by atoms with Crippen molar-refractivity contribution in [1.29, 1.82) is 0 Å². The van der Waals surface area contributed by atoms with Crippen LogP contribution in [0.15, 0.2) is 0 Å². The molecule has 0 spiro atoms. The summed E-state index contributed by atoms with van der Waals surface area (Å²) in [6.45, 7) is 5.42. The summed E-state index contributed by atoms with van der Waals surface area (Å²) in [5, 5.41) is 24.9. The van der Waals surface area contributed by atoms with E-state index in [1.165, 1.54) is 0 Å². The van der Waals surface area contributed by atoms with Crippen LogP contribution in [-0.2, 0) is 14.9 Å². The minimum Gasteiger partial charge on any atom is -0.748 e. The number of aliphatic hydroxyl groups is 2. The molecule has 35 heavy (non-hydrogen) atoms. The molecule has 7 nitrogen and oxygen atoms in total. The smallest absolute Gasteiger partial charge is 0.748 e. The van der Waals surface area contributed by atoms with Gasteiger partial charge in [0, 0.05) is 21.2 Å². The van der Waals surface area contributed by atoms with Gasteiger partial charge >= 0.3 is 29.6 Å². The zero-order valence-electron chi connectivity index (χ0n) is 27.4. The van der Waals surface area contributed by atoms with Crippen molar-refractivity contribution in [3.05, 3.63) is 0 Å². The Morgan fingerprint density at radius 2 is 1.89 bits per heavy atom. The molecular formula is C26H44NNaO6S. The van der Waals surface area contributed by atoms with Crippen LogP contribution in [0.25, 0.3) is 0 Å². The van der Waals surface area contributed by atoms with Gasteiger partial charge < -0.3 is 20.1 Å². The van der Waals surface area contributed by atoms with E-state index in [-0.39, 0.29) is 78.5 Å². The van der Waals surface area contributed by atoms with Gasteiger partial charge in [-0.15, -0.1) is 0 Å². The molecule has 0 aromatic carbocycles. The summed E-state index contributed by atoms with van der Waals surface area (Å²) in [5.41, 5.74) is -1.90. The van der Waals surface area contributed by atoms with Gasteiger partial charge in [0.05, 0.1) is 28.1 Å². The van der Waals surface area contributed by atoms with Gasteiger partial charge in [-0.1, -0.05) is 20.8 Å². The maximum Gasteiger partial charge on any atom is 1.00 e. The molecule has 4 rings (SSSR count).